The standard InChI is InChI=1S/C13H19N2/c1-14(2)13-8-9-15(11-13)10-12-6-4-3-5-7-12/h4-7,13H,8-11H2,1-2H3/t13-/m0/s1. The zero-order valence-electron chi connectivity index (χ0n) is 9.61. The summed E-state index contributed by atoms with van der Waals surface area (Å²) in [5.74, 6) is 0. The summed E-state index contributed by atoms with van der Waals surface area (Å²) in [5.41, 5.74) is 1.40. The minimum absolute atomic E-state index is 0.736. The largest absolute Gasteiger partial charge is 0.305 e. The Kier molecular flexibility index (Phi) is 3.39. The number of hydrogen-bond acceptors (Lipinski definition) is 2. The average Bonchev–Trinajstić information content (AvgIpc) is 2.68. The van der Waals surface area contributed by atoms with Gasteiger partial charge in [-0.3, -0.25) is 4.90 Å². The minimum atomic E-state index is 0.736. The van der Waals surface area contributed by atoms with E-state index in [0.29, 0.717) is 0 Å². The van der Waals surface area contributed by atoms with Crippen molar-refractivity contribution < 1.29 is 0 Å². The SMILES string of the molecule is CN(C)[C@H]1CCN(Cc2cc[c]cc2)C1. The molecule has 2 heteroatoms. The number of rotatable bonds is 3. The molecule has 0 amide bonds. The molecule has 1 radical (unpaired) electrons. The molecule has 0 saturated carbocycles. The van der Waals surface area contributed by atoms with Gasteiger partial charge in [-0.2, -0.15) is 0 Å². The minimum Gasteiger partial charge on any atom is -0.305 e. The molecule has 0 aliphatic carbocycles. The lowest BCUT2D eigenvalue weighted by Gasteiger charge is -2.20. The van der Waals surface area contributed by atoms with E-state index in [-0.39, 0.29) is 0 Å². The van der Waals surface area contributed by atoms with E-state index in [9.17, 15) is 0 Å². The summed E-state index contributed by atoms with van der Waals surface area (Å²) >= 11 is 0. The molecule has 1 aliphatic rings. The summed E-state index contributed by atoms with van der Waals surface area (Å²) in [6, 6.07) is 12.1. The maximum atomic E-state index is 3.06. The van der Waals surface area contributed by atoms with Gasteiger partial charge < -0.3 is 4.90 Å². The van der Waals surface area contributed by atoms with Gasteiger partial charge in [0.2, 0.25) is 0 Å². The van der Waals surface area contributed by atoms with Gasteiger partial charge in [-0.05, 0) is 32.1 Å². The summed E-state index contributed by atoms with van der Waals surface area (Å²) in [7, 11) is 4.34. The number of benzene rings is 1. The van der Waals surface area contributed by atoms with Crippen molar-refractivity contribution in [2.24, 2.45) is 0 Å². The highest BCUT2D eigenvalue weighted by atomic mass is 15.2. The zero-order valence-corrected chi connectivity index (χ0v) is 9.61. The second kappa shape index (κ2) is 4.77. The highest BCUT2D eigenvalue weighted by Gasteiger charge is 2.23. The quantitative estimate of drug-likeness (QED) is 0.736. The average molecular weight is 203 g/mol. The molecule has 15 heavy (non-hydrogen) atoms. The van der Waals surface area contributed by atoms with Gasteiger partial charge >= 0.3 is 0 Å². The van der Waals surface area contributed by atoms with Gasteiger partial charge in [-0.25, -0.2) is 0 Å². The van der Waals surface area contributed by atoms with Crippen LogP contribution in [0.25, 0.3) is 0 Å². The van der Waals surface area contributed by atoms with E-state index in [1.54, 1.807) is 0 Å². The van der Waals surface area contributed by atoms with E-state index in [1.807, 2.05) is 12.1 Å². The smallest absolute Gasteiger partial charge is 0.0234 e. The van der Waals surface area contributed by atoms with Crippen LogP contribution in [-0.4, -0.2) is 43.0 Å². The predicted molar refractivity (Wildman–Crippen MR) is 62.6 cm³/mol. The Morgan fingerprint density at radius 1 is 1.40 bits per heavy atom. The molecule has 81 valence electrons. The second-order valence-corrected chi connectivity index (χ2v) is 4.55. The van der Waals surface area contributed by atoms with Gasteiger partial charge in [0.15, 0.2) is 0 Å². The van der Waals surface area contributed by atoms with Crippen LogP contribution in [0.15, 0.2) is 24.3 Å². The normalized spacial score (nSPS) is 22.5. The lowest BCUT2D eigenvalue weighted by atomic mass is 10.2. The molecule has 0 unspecified atom stereocenters. The number of nitrogens with zero attached hydrogens (tertiary/aromatic N) is 2. The van der Waals surface area contributed by atoms with Crippen molar-refractivity contribution in [2.75, 3.05) is 27.2 Å². The van der Waals surface area contributed by atoms with E-state index in [4.69, 9.17) is 0 Å². The molecule has 1 atom stereocenters. The molecule has 0 spiro atoms. The van der Waals surface area contributed by atoms with Gasteiger partial charge in [0, 0.05) is 25.7 Å². The molecule has 2 nitrogen and oxygen atoms in total. The molecule has 0 N–H and O–H groups in total. The van der Waals surface area contributed by atoms with Crippen molar-refractivity contribution in [1.82, 2.24) is 9.80 Å². The highest BCUT2D eigenvalue weighted by molar-refractivity contribution is 5.13. The first kappa shape index (κ1) is 10.7. The number of likely N-dealkylation sites (N-methyl/N-ethyl adjacent to an activating group) is 1. The Morgan fingerprint density at radius 2 is 2.13 bits per heavy atom. The van der Waals surface area contributed by atoms with Crippen LogP contribution in [0.3, 0.4) is 0 Å². The van der Waals surface area contributed by atoms with Crippen LogP contribution in [0, 0.1) is 6.07 Å². The Labute approximate surface area is 92.5 Å². The molecule has 0 aromatic heterocycles. The lowest BCUT2D eigenvalue weighted by molar-refractivity contribution is 0.264. The first-order valence-electron chi connectivity index (χ1n) is 5.59. The first-order valence-corrected chi connectivity index (χ1v) is 5.59. The Balaban J connectivity index is 1.88. The van der Waals surface area contributed by atoms with Crippen LogP contribution < -0.4 is 0 Å². The van der Waals surface area contributed by atoms with Crippen LogP contribution >= 0.6 is 0 Å². The third-order valence-corrected chi connectivity index (χ3v) is 3.17. The Bertz CT molecular complexity index is 295. The molecular weight excluding hydrogens is 184 g/mol. The Hall–Kier alpha value is -0.860. The molecule has 1 heterocycles. The van der Waals surface area contributed by atoms with Gasteiger partial charge in [-0.1, -0.05) is 24.3 Å². The van der Waals surface area contributed by atoms with Crippen LogP contribution in [0.4, 0.5) is 0 Å². The molecule has 1 fully saturated rings. The van der Waals surface area contributed by atoms with Gasteiger partial charge in [0.25, 0.3) is 0 Å². The van der Waals surface area contributed by atoms with Crippen molar-refractivity contribution >= 4 is 0 Å². The monoisotopic (exact) mass is 203 g/mol. The third-order valence-electron chi connectivity index (χ3n) is 3.17. The van der Waals surface area contributed by atoms with Crippen molar-refractivity contribution in [2.45, 2.75) is 19.0 Å². The maximum Gasteiger partial charge on any atom is 0.0234 e. The second-order valence-electron chi connectivity index (χ2n) is 4.55. The van der Waals surface area contributed by atoms with Crippen LogP contribution in [0.2, 0.25) is 0 Å². The van der Waals surface area contributed by atoms with E-state index in [1.165, 1.54) is 25.1 Å². The molecule has 0 bridgehead atoms. The van der Waals surface area contributed by atoms with Gasteiger partial charge in [0.05, 0.1) is 0 Å². The van der Waals surface area contributed by atoms with Crippen molar-refractivity contribution in [3.05, 3.63) is 35.9 Å². The summed E-state index contributed by atoms with van der Waals surface area (Å²) in [6.07, 6.45) is 1.30. The third kappa shape index (κ3) is 2.80. The molecule has 2 rings (SSSR count). The van der Waals surface area contributed by atoms with Gasteiger partial charge in [0.1, 0.15) is 0 Å². The topological polar surface area (TPSA) is 6.48 Å². The van der Waals surface area contributed by atoms with Crippen molar-refractivity contribution in [3.8, 4) is 0 Å². The fraction of sp³-hybridized carbons (Fsp3) is 0.538. The lowest BCUT2D eigenvalue weighted by Crippen LogP contribution is -2.31. The number of hydrogen-bond donors (Lipinski definition) is 0. The summed E-state index contributed by atoms with van der Waals surface area (Å²) in [6.45, 7) is 3.51. The summed E-state index contributed by atoms with van der Waals surface area (Å²) in [4.78, 5) is 4.86. The molecule has 1 saturated heterocycles. The number of likely N-dealkylation sites (tertiary alicyclic amines) is 1. The molecular formula is C13H19N2. The summed E-state index contributed by atoms with van der Waals surface area (Å²) in [5, 5.41) is 0. The molecule has 1 aromatic rings. The fourth-order valence-corrected chi connectivity index (χ4v) is 2.16. The first-order chi connectivity index (χ1) is 7.25. The zero-order chi connectivity index (χ0) is 10.7. The van der Waals surface area contributed by atoms with E-state index in [0.717, 1.165) is 12.6 Å². The molecule has 1 aliphatic heterocycles. The van der Waals surface area contributed by atoms with Crippen LogP contribution in [0.5, 0.6) is 0 Å². The fourth-order valence-electron chi connectivity index (χ4n) is 2.16. The van der Waals surface area contributed by atoms with E-state index >= 15 is 0 Å². The Morgan fingerprint density at radius 3 is 2.73 bits per heavy atom. The van der Waals surface area contributed by atoms with E-state index in [2.05, 4.69) is 42.1 Å². The van der Waals surface area contributed by atoms with Crippen LogP contribution in [0.1, 0.15) is 12.0 Å². The van der Waals surface area contributed by atoms with Crippen LogP contribution in [-0.2, 0) is 6.54 Å². The summed E-state index contributed by atoms with van der Waals surface area (Å²) < 4.78 is 0. The molecule has 1 aromatic carbocycles. The van der Waals surface area contributed by atoms with E-state index < -0.39 is 0 Å². The van der Waals surface area contributed by atoms with Crippen molar-refractivity contribution in [3.63, 3.8) is 0 Å². The maximum absolute atomic E-state index is 3.06. The predicted octanol–water partition coefficient (Wildman–Crippen LogP) is 1.62. The van der Waals surface area contributed by atoms with Crippen molar-refractivity contribution in [1.29, 1.82) is 0 Å². The highest BCUT2D eigenvalue weighted by Crippen LogP contribution is 2.15. The van der Waals surface area contributed by atoms with Gasteiger partial charge in [-0.15, -0.1) is 0 Å².